The number of nitrogens with zero attached hydrogens (tertiary/aromatic N) is 1. The zero-order valence-electron chi connectivity index (χ0n) is 11.5. The summed E-state index contributed by atoms with van der Waals surface area (Å²) >= 11 is 9.64. The van der Waals surface area contributed by atoms with Crippen LogP contribution in [-0.2, 0) is 0 Å². The highest BCUT2D eigenvalue weighted by molar-refractivity contribution is 8.10. The van der Waals surface area contributed by atoms with Crippen molar-refractivity contribution in [1.82, 2.24) is 4.90 Å². The number of thiol groups is 1. The van der Waals surface area contributed by atoms with Gasteiger partial charge in [0.05, 0.1) is 0 Å². The van der Waals surface area contributed by atoms with Crippen LogP contribution in [0.4, 0.5) is 0 Å². The number of hydrogen-bond acceptors (Lipinski definition) is 1. The molecule has 0 fully saturated rings. The van der Waals surface area contributed by atoms with Crippen LogP contribution >= 0.6 is 24.8 Å². The van der Waals surface area contributed by atoms with Gasteiger partial charge in [-0.3, -0.25) is 0 Å². The Kier molecular flexibility index (Phi) is 7.66. The van der Waals surface area contributed by atoms with Crippen molar-refractivity contribution in [3.05, 3.63) is 0 Å². The van der Waals surface area contributed by atoms with Crippen LogP contribution in [0.15, 0.2) is 0 Å². The van der Waals surface area contributed by atoms with Gasteiger partial charge >= 0.3 is 0 Å². The molecule has 2 unspecified atom stereocenters. The predicted molar refractivity (Wildman–Crippen MR) is 81.3 cm³/mol. The molecule has 0 spiro atoms. The lowest BCUT2D eigenvalue weighted by Gasteiger charge is -2.37. The van der Waals surface area contributed by atoms with Crippen molar-refractivity contribution < 1.29 is 0 Å². The van der Waals surface area contributed by atoms with E-state index in [1.54, 1.807) is 0 Å². The third-order valence-electron chi connectivity index (χ3n) is 2.80. The minimum absolute atomic E-state index is 0.485. The zero-order chi connectivity index (χ0) is 12.9. The Labute approximate surface area is 112 Å². The van der Waals surface area contributed by atoms with E-state index in [2.05, 4.69) is 59.1 Å². The van der Waals surface area contributed by atoms with Crippen molar-refractivity contribution >= 4 is 29.2 Å². The Bertz CT molecular complexity index is 198. The van der Waals surface area contributed by atoms with E-state index in [9.17, 15) is 0 Å². The van der Waals surface area contributed by atoms with E-state index < -0.39 is 0 Å². The highest BCUT2D eigenvalue weighted by Crippen LogP contribution is 2.20. The Morgan fingerprint density at radius 3 is 1.44 bits per heavy atom. The fourth-order valence-corrected chi connectivity index (χ4v) is 3.16. The maximum atomic E-state index is 5.27. The molecule has 0 aliphatic rings. The number of rotatable bonds is 6. The predicted octanol–water partition coefficient (Wildman–Crippen LogP) is 4.37. The van der Waals surface area contributed by atoms with Gasteiger partial charge in [-0.25, -0.2) is 0 Å². The van der Waals surface area contributed by atoms with Crippen LogP contribution in [0.1, 0.15) is 54.4 Å². The molecule has 0 N–H and O–H groups in total. The van der Waals surface area contributed by atoms with Crippen LogP contribution in [0, 0.1) is 11.8 Å². The van der Waals surface area contributed by atoms with E-state index in [1.807, 2.05) is 0 Å². The lowest BCUT2D eigenvalue weighted by Crippen LogP contribution is -2.43. The molecule has 0 aromatic heterocycles. The number of hydrogen-bond donors (Lipinski definition) is 1. The summed E-state index contributed by atoms with van der Waals surface area (Å²) in [5.41, 5.74) is 0. The lowest BCUT2D eigenvalue weighted by atomic mass is 9.99. The molecule has 0 radical (unpaired) electrons. The first-order chi connectivity index (χ1) is 7.25. The normalized spacial score (nSPS) is 15.3. The third-order valence-corrected chi connectivity index (χ3v) is 3.24. The van der Waals surface area contributed by atoms with Gasteiger partial charge in [0.15, 0.2) is 0 Å². The van der Waals surface area contributed by atoms with Crippen LogP contribution in [-0.4, -0.2) is 21.3 Å². The Morgan fingerprint density at radius 1 is 0.938 bits per heavy atom. The van der Waals surface area contributed by atoms with Gasteiger partial charge in [0.1, 0.15) is 4.32 Å². The summed E-state index contributed by atoms with van der Waals surface area (Å²) in [6.45, 7) is 13.5. The molecule has 0 bridgehead atoms. The smallest absolute Gasteiger partial charge is 0.133 e. The van der Waals surface area contributed by atoms with E-state index in [-0.39, 0.29) is 0 Å². The molecule has 0 aromatic rings. The minimum atomic E-state index is 0.485. The second kappa shape index (κ2) is 7.54. The largest absolute Gasteiger partial charge is 0.352 e. The summed E-state index contributed by atoms with van der Waals surface area (Å²) in [5, 5.41) is 0. The summed E-state index contributed by atoms with van der Waals surface area (Å²) in [5.74, 6) is 1.40. The van der Waals surface area contributed by atoms with E-state index in [0.717, 1.165) is 4.32 Å². The van der Waals surface area contributed by atoms with Crippen LogP contribution in [0.25, 0.3) is 0 Å². The monoisotopic (exact) mass is 261 g/mol. The fraction of sp³-hybridized carbons (Fsp3) is 0.923. The van der Waals surface area contributed by atoms with Crippen molar-refractivity contribution in [3.63, 3.8) is 0 Å². The summed E-state index contributed by atoms with van der Waals surface area (Å²) < 4.78 is 0.737. The van der Waals surface area contributed by atoms with E-state index in [4.69, 9.17) is 12.2 Å². The molecule has 96 valence electrons. The first-order valence-electron chi connectivity index (χ1n) is 6.26. The quantitative estimate of drug-likeness (QED) is 0.558. The lowest BCUT2D eigenvalue weighted by molar-refractivity contribution is 0.219. The SMILES string of the molecule is CC(C)CC(C)N(C(=S)S)C(C)CC(C)C. The molecule has 16 heavy (non-hydrogen) atoms. The van der Waals surface area contributed by atoms with E-state index in [0.29, 0.717) is 23.9 Å². The minimum Gasteiger partial charge on any atom is -0.352 e. The zero-order valence-corrected chi connectivity index (χ0v) is 13.2. The molecule has 0 heterocycles. The van der Waals surface area contributed by atoms with Crippen molar-refractivity contribution in [2.45, 2.75) is 66.5 Å². The van der Waals surface area contributed by atoms with Gasteiger partial charge in [-0.15, -0.1) is 12.6 Å². The van der Waals surface area contributed by atoms with Crippen molar-refractivity contribution in [2.75, 3.05) is 0 Å². The maximum Gasteiger partial charge on any atom is 0.133 e. The molecule has 2 atom stereocenters. The van der Waals surface area contributed by atoms with Gasteiger partial charge in [-0.2, -0.15) is 0 Å². The molecule has 0 aliphatic carbocycles. The molecular formula is C13H27NS2. The van der Waals surface area contributed by atoms with Crippen LogP contribution in [0.5, 0.6) is 0 Å². The number of thiocarbonyl (C=S) groups is 1. The Morgan fingerprint density at radius 2 is 1.25 bits per heavy atom. The van der Waals surface area contributed by atoms with Gasteiger partial charge < -0.3 is 4.90 Å². The summed E-state index contributed by atoms with van der Waals surface area (Å²) in [4.78, 5) is 2.29. The molecule has 0 amide bonds. The van der Waals surface area contributed by atoms with Gasteiger partial charge in [0, 0.05) is 12.1 Å². The molecular weight excluding hydrogens is 234 g/mol. The van der Waals surface area contributed by atoms with Crippen LogP contribution in [0.3, 0.4) is 0 Å². The Hall–Kier alpha value is 0.240. The van der Waals surface area contributed by atoms with Crippen LogP contribution < -0.4 is 0 Å². The van der Waals surface area contributed by atoms with Crippen molar-refractivity contribution in [3.8, 4) is 0 Å². The molecule has 0 saturated heterocycles. The first kappa shape index (κ1) is 16.2. The van der Waals surface area contributed by atoms with Crippen LogP contribution in [0.2, 0.25) is 0 Å². The molecule has 0 aliphatic heterocycles. The van der Waals surface area contributed by atoms with Crippen molar-refractivity contribution in [1.29, 1.82) is 0 Å². The third kappa shape index (κ3) is 6.09. The summed E-state index contributed by atoms with van der Waals surface area (Å²) in [6, 6.07) is 0.970. The van der Waals surface area contributed by atoms with Gasteiger partial charge in [-0.1, -0.05) is 39.9 Å². The first-order valence-corrected chi connectivity index (χ1v) is 7.12. The molecule has 1 nitrogen and oxygen atoms in total. The van der Waals surface area contributed by atoms with Gasteiger partial charge in [-0.05, 0) is 38.5 Å². The Balaban J connectivity index is 4.53. The summed E-state index contributed by atoms with van der Waals surface area (Å²) in [7, 11) is 0. The highest BCUT2D eigenvalue weighted by atomic mass is 32.1. The second-order valence-electron chi connectivity index (χ2n) is 5.65. The topological polar surface area (TPSA) is 3.24 Å². The van der Waals surface area contributed by atoms with E-state index in [1.165, 1.54) is 12.8 Å². The van der Waals surface area contributed by atoms with E-state index >= 15 is 0 Å². The maximum absolute atomic E-state index is 5.27. The standard InChI is InChI=1S/C13H27NS2/c1-9(2)7-11(5)14(13(15)16)12(6)8-10(3)4/h9-12H,7-8H2,1-6H3,(H,15,16). The average molecular weight is 262 g/mol. The molecule has 3 heteroatoms. The summed E-state index contributed by atoms with van der Waals surface area (Å²) in [6.07, 6.45) is 2.34. The fourth-order valence-electron chi connectivity index (χ4n) is 2.40. The molecule has 0 aromatic carbocycles. The molecule has 0 rings (SSSR count). The van der Waals surface area contributed by atoms with Gasteiger partial charge in [0.25, 0.3) is 0 Å². The second-order valence-corrected chi connectivity index (χ2v) is 6.76. The average Bonchev–Trinajstić information content (AvgIpc) is 1.98. The highest BCUT2D eigenvalue weighted by Gasteiger charge is 2.22. The van der Waals surface area contributed by atoms with Crippen molar-refractivity contribution in [2.24, 2.45) is 11.8 Å². The van der Waals surface area contributed by atoms with Gasteiger partial charge in [0.2, 0.25) is 0 Å². The molecule has 0 saturated carbocycles.